The lowest BCUT2D eigenvalue weighted by Gasteiger charge is -2.07. The van der Waals surface area contributed by atoms with Crippen LogP contribution in [-0.4, -0.2) is 66.9 Å². The van der Waals surface area contributed by atoms with Crippen molar-refractivity contribution in [2.75, 3.05) is 34.4 Å². The lowest BCUT2D eigenvalue weighted by molar-refractivity contribution is 0.641. The molecule has 0 radical (unpaired) electrons. The van der Waals surface area contributed by atoms with Crippen LogP contribution >= 0.6 is 23.4 Å². The molecule has 0 bridgehead atoms. The monoisotopic (exact) mass is 300 g/mol. The Hall–Kier alpha value is -1.34. The molecule has 1 aromatic rings. The number of hydrogen-bond acceptors (Lipinski definition) is 5. The third kappa shape index (κ3) is 5.04. The van der Waals surface area contributed by atoms with Gasteiger partial charge in [-0.15, -0.1) is 11.8 Å². The van der Waals surface area contributed by atoms with Gasteiger partial charge in [-0.05, 0) is 6.26 Å². The van der Waals surface area contributed by atoms with Gasteiger partial charge in [-0.1, -0.05) is 11.6 Å². The highest BCUT2D eigenvalue weighted by Crippen LogP contribution is 2.33. The summed E-state index contributed by atoms with van der Waals surface area (Å²) in [5, 5.41) is 0.360. The Bertz CT molecular complexity index is 486. The van der Waals surface area contributed by atoms with Crippen molar-refractivity contribution in [2.24, 2.45) is 9.98 Å². The fraction of sp³-hybridized carbons (Fsp3) is 0.455. The Morgan fingerprint density at radius 2 is 1.63 bits per heavy atom. The van der Waals surface area contributed by atoms with Gasteiger partial charge in [0.1, 0.15) is 0 Å². The van der Waals surface area contributed by atoms with Gasteiger partial charge in [0.15, 0.2) is 11.0 Å². The molecule has 0 N–H and O–H groups in total. The standard InChI is InChI=1S/C11H17ClN6S/c1-17(2)6-13-10-8(19-5)9(12)15-11(16-10)14-7-18(3)4/h6-7H,1-5H3/b13-6+,14-7+. The molecule has 1 heterocycles. The van der Waals surface area contributed by atoms with Gasteiger partial charge in [0.25, 0.3) is 5.95 Å². The zero-order valence-corrected chi connectivity index (χ0v) is 13.2. The van der Waals surface area contributed by atoms with Crippen LogP contribution in [0.4, 0.5) is 11.8 Å². The molecule has 1 aromatic heterocycles. The van der Waals surface area contributed by atoms with E-state index in [0.29, 0.717) is 16.9 Å². The summed E-state index contributed by atoms with van der Waals surface area (Å²) in [6, 6.07) is 0. The van der Waals surface area contributed by atoms with E-state index < -0.39 is 0 Å². The molecule has 0 atom stereocenters. The van der Waals surface area contributed by atoms with Crippen molar-refractivity contribution in [3.05, 3.63) is 5.15 Å². The van der Waals surface area contributed by atoms with Gasteiger partial charge in [-0.25, -0.2) is 9.98 Å². The summed E-state index contributed by atoms with van der Waals surface area (Å²) < 4.78 is 0. The van der Waals surface area contributed by atoms with Gasteiger partial charge in [0.05, 0.1) is 17.6 Å². The molecule has 19 heavy (non-hydrogen) atoms. The van der Waals surface area contributed by atoms with E-state index in [-0.39, 0.29) is 0 Å². The normalized spacial score (nSPS) is 11.5. The number of thioether (sulfide) groups is 1. The number of halogens is 1. The Labute approximate surface area is 122 Å². The summed E-state index contributed by atoms with van der Waals surface area (Å²) in [4.78, 5) is 21.2. The van der Waals surface area contributed by atoms with Crippen molar-refractivity contribution >= 4 is 47.8 Å². The van der Waals surface area contributed by atoms with Crippen molar-refractivity contribution in [3.8, 4) is 0 Å². The zero-order valence-electron chi connectivity index (χ0n) is 11.6. The van der Waals surface area contributed by atoms with Crippen molar-refractivity contribution in [1.29, 1.82) is 0 Å². The van der Waals surface area contributed by atoms with Gasteiger partial charge in [0, 0.05) is 28.2 Å². The SMILES string of the molecule is CSc1c(Cl)nc(/N=C/N(C)C)nc1/N=C/N(C)C. The first-order chi connectivity index (χ1) is 8.93. The Balaban J connectivity index is 3.18. The van der Waals surface area contributed by atoms with E-state index >= 15 is 0 Å². The lowest BCUT2D eigenvalue weighted by atomic mass is 10.6. The van der Waals surface area contributed by atoms with E-state index in [9.17, 15) is 0 Å². The highest BCUT2D eigenvalue weighted by molar-refractivity contribution is 7.98. The maximum atomic E-state index is 6.12. The van der Waals surface area contributed by atoms with Crippen LogP contribution in [0.5, 0.6) is 0 Å². The number of nitrogens with zero attached hydrogens (tertiary/aromatic N) is 6. The maximum absolute atomic E-state index is 6.12. The molecule has 104 valence electrons. The maximum Gasteiger partial charge on any atom is 0.254 e. The predicted octanol–water partition coefficient (Wildman–Crippen LogP) is 2.29. The third-order valence-corrected chi connectivity index (χ3v) is 2.98. The second kappa shape index (κ2) is 7.30. The zero-order chi connectivity index (χ0) is 14.4. The van der Waals surface area contributed by atoms with E-state index in [4.69, 9.17) is 11.6 Å². The van der Waals surface area contributed by atoms with Crippen LogP contribution in [0.3, 0.4) is 0 Å². The molecule has 0 fully saturated rings. The van der Waals surface area contributed by atoms with Crippen molar-refractivity contribution in [3.63, 3.8) is 0 Å². The average molecular weight is 301 g/mol. The predicted molar refractivity (Wildman–Crippen MR) is 82.5 cm³/mol. The molecule has 0 aliphatic carbocycles. The number of rotatable bonds is 5. The van der Waals surface area contributed by atoms with Crippen LogP contribution in [0.25, 0.3) is 0 Å². The van der Waals surface area contributed by atoms with Gasteiger partial charge in [-0.2, -0.15) is 9.97 Å². The van der Waals surface area contributed by atoms with E-state index in [2.05, 4.69) is 20.0 Å². The smallest absolute Gasteiger partial charge is 0.254 e. The summed E-state index contributed by atoms with van der Waals surface area (Å²) in [5.41, 5.74) is 0. The molecule has 0 aliphatic rings. The van der Waals surface area contributed by atoms with Crippen molar-refractivity contribution in [2.45, 2.75) is 4.90 Å². The van der Waals surface area contributed by atoms with Gasteiger partial charge in [-0.3, -0.25) is 0 Å². The number of hydrogen-bond donors (Lipinski definition) is 0. The molecule has 0 unspecified atom stereocenters. The van der Waals surface area contributed by atoms with Crippen molar-refractivity contribution in [1.82, 2.24) is 19.8 Å². The summed E-state index contributed by atoms with van der Waals surface area (Å²) in [5.74, 6) is 0.814. The molecule has 0 amide bonds. The molecule has 6 nitrogen and oxygen atoms in total. The second-order valence-electron chi connectivity index (χ2n) is 4.09. The third-order valence-electron chi connectivity index (χ3n) is 1.81. The van der Waals surface area contributed by atoms with E-state index in [1.54, 1.807) is 17.6 Å². The van der Waals surface area contributed by atoms with Crippen LogP contribution in [0.1, 0.15) is 0 Å². The minimum atomic E-state index is 0.294. The lowest BCUT2D eigenvalue weighted by Crippen LogP contribution is -2.08. The molecule has 0 aliphatic heterocycles. The largest absolute Gasteiger partial charge is 0.369 e. The number of aliphatic imine (C=N–C) groups is 2. The fourth-order valence-corrected chi connectivity index (χ4v) is 1.95. The Kier molecular flexibility index (Phi) is 6.04. The second-order valence-corrected chi connectivity index (χ2v) is 5.26. The highest BCUT2D eigenvalue weighted by Gasteiger charge is 2.11. The molecule has 1 rings (SSSR count). The Morgan fingerprint density at radius 3 is 2.16 bits per heavy atom. The first-order valence-electron chi connectivity index (χ1n) is 5.46. The Morgan fingerprint density at radius 1 is 1.05 bits per heavy atom. The minimum absolute atomic E-state index is 0.294. The summed E-state index contributed by atoms with van der Waals surface area (Å²) in [7, 11) is 7.51. The first-order valence-corrected chi connectivity index (χ1v) is 7.07. The van der Waals surface area contributed by atoms with E-state index in [1.807, 2.05) is 39.3 Å². The van der Waals surface area contributed by atoms with Gasteiger partial charge < -0.3 is 9.80 Å². The van der Waals surface area contributed by atoms with Crippen LogP contribution < -0.4 is 0 Å². The van der Waals surface area contributed by atoms with Gasteiger partial charge >= 0.3 is 0 Å². The van der Waals surface area contributed by atoms with E-state index in [1.165, 1.54) is 11.8 Å². The summed E-state index contributed by atoms with van der Waals surface area (Å²) in [6.07, 6.45) is 5.18. The molecule has 0 spiro atoms. The average Bonchev–Trinajstić information content (AvgIpc) is 2.33. The molecule has 0 aromatic carbocycles. The van der Waals surface area contributed by atoms with Crippen LogP contribution in [0, 0.1) is 0 Å². The van der Waals surface area contributed by atoms with Crippen LogP contribution in [-0.2, 0) is 0 Å². The molecule has 8 heteroatoms. The highest BCUT2D eigenvalue weighted by atomic mass is 35.5. The minimum Gasteiger partial charge on any atom is -0.369 e. The first kappa shape index (κ1) is 15.7. The van der Waals surface area contributed by atoms with Crippen LogP contribution in [0.2, 0.25) is 5.15 Å². The topological polar surface area (TPSA) is 57.0 Å². The van der Waals surface area contributed by atoms with Crippen LogP contribution in [0.15, 0.2) is 14.9 Å². The number of aromatic nitrogens is 2. The molecular formula is C11H17ClN6S. The van der Waals surface area contributed by atoms with Gasteiger partial charge in [0.2, 0.25) is 0 Å². The molecule has 0 saturated carbocycles. The molecular weight excluding hydrogens is 284 g/mol. The quantitative estimate of drug-likeness (QED) is 0.361. The summed E-state index contributed by atoms with van der Waals surface area (Å²) in [6.45, 7) is 0. The molecule has 0 saturated heterocycles. The fourth-order valence-electron chi connectivity index (χ4n) is 1.06. The van der Waals surface area contributed by atoms with Crippen molar-refractivity contribution < 1.29 is 0 Å². The summed E-state index contributed by atoms with van der Waals surface area (Å²) >= 11 is 7.57. The van der Waals surface area contributed by atoms with E-state index in [0.717, 1.165) is 4.90 Å².